The molecule has 0 aliphatic heterocycles. The van der Waals surface area contributed by atoms with Crippen LogP contribution in [-0.4, -0.2) is 22.8 Å². The standard InChI is InChI=1S/C13H12O3/c1-10(13(15)16)8-12-5-2-4-11(9-12)6-3-7-14/h2,4-5,8-9,14H,7H2,1H3,(H,15,16)/b10-8+. The Kier molecular flexibility index (Phi) is 4.31. The van der Waals surface area contributed by atoms with Gasteiger partial charge < -0.3 is 10.2 Å². The largest absolute Gasteiger partial charge is 0.478 e. The molecular formula is C13H12O3. The van der Waals surface area contributed by atoms with E-state index in [0.29, 0.717) is 0 Å². The molecule has 0 amide bonds. The van der Waals surface area contributed by atoms with Gasteiger partial charge in [0.25, 0.3) is 0 Å². The molecule has 0 fully saturated rings. The van der Waals surface area contributed by atoms with E-state index in [-0.39, 0.29) is 12.2 Å². The maximum atomic E-state index is 10.6. The average molecular weight is 216 g/mol. The second-order valence-electron chi connectivity index (χ2n) is 3.22. The lowest BCUT2D eigenvalue weighted by atomic mass is 10.1. The molecule has 82 valence electrons. The zero-order valence-electron chi connectivity index (χ0n) is 8.90. The Morgan fingerprint density at radius 3 is 2.88 bits per heavy atom. The predicted molar refractivity (Wildman–Crippen MR) is 61.7 cm³/mol. The molecule has 0 atom stereocenters. The number of hydrogen-bond acceptors (Lipinski definition) is 2. The third kappa shape index (κ3) is 3.60. The minimum absolute atomic E-state index is 0.186. The SMILES string of the molecule is C/C(=C\c1cccc(C#CCO)c1)C(=O)O. The summed E-state index contributed by atoms with van der Waals surface area (Å²) in [5, 5.41) is 17.3. The highest BCUT2D eigenvalue weighted by molar-refractivity contribution is 5.91. The summed E-state index contributed by atoms with van der Waals surface area (Å²) in [6, 6.07) is 7.17. The number of aliphatic carboxylic acids is 1. The van der Waals surface area contributed by atoms with Crippen LogP contribution in [0.2, 0.25) is 0 Å². The molecule has 0 aromatic heterocycles. The summed E-state index contributed by atoms with van der Waals surface area (Å²) in [7, 11) is 0. The molecule has 0 unspecified atom stereocenters. The van der Waals surface area contributed by atoms with Crippen molar-refractivity contribution in [1.82, 2.24) is 0 Å². The van der Waals surface area contributed by atoms with Gasteiger partial charge in [0.1, 0.15) is 6.61 Å². The molecule has 1 rings (SSSR count). The predicted octanol–water partition coefficient (Wildman–Crippen LogP) is 1.52. The fourth-order valence-electron chi connectivity index (χ4n) is 1.16. The number of carboxylic acids is 1. The van der Waals surface area contributed by atoms with E-state index in [1.165, 1.54) is 6.92 Å². The summed E-state index contributed by atoms with van der Waals surface area (Å²) in [4.78, 5) is 10.6. The summed E-state index contributed by atoms with van der Waals surface area (Å²) in [5.41, 5.74) is 1.80. The van der Waals surface area contributed by atoms with Crippen molar-refractivity contribution < 1.29 is 15.0 Å². The molecule has 0 radical (unpaired) electrons. The zero-order chi connectivity index (χ0) is 12.0. The Morgan fingerprint density at radius 2 is 2.25 bits per heavy atom. The van der Waals surface area contributed by atoms with Crippen molar-refractivity contribution in [3.05, 3.63) is 41.0 Å². The van der Waals surface area contributed by atoms with Crippen LogP contribution in [0.4, 0.5) is 0 Å². The number of aliphatic hydroxyl groups is 1. The van der Waals surface area contributed by atoms with Crippen molar-refractivity contribution in [1.29, 1.82) is 0 Å². The van der Waals surface area contributed by atoms with Crippen LogP contribution >= 0.6 is 0 Å². The molecule has 0 saturated carbocycles. The highest BCUT2D eigenvalue weighted by atomic mass is 16.4. The average Bonchev–Trinajstić information content (AvgIpc) is 2.26. The molecule has 2 N–H and O–H groups in total. The third-order valence-corrected chi connectivity index (χ3v) is 1.92. The smallest absolute Gasteiger partial charge is 0.331 e. The minimum Gasteiger partial charge on any atom is -0.478 e. The number of carboxylic acid groups (broad SMARTS) is 1. The first-order valence-corrected chi connectivity index (χ1v) is 4.75. The van der Waals surface area contributed by atoms with Gasteiger partial charge in [0.2, 0.25) is 0 Å². The van der Waals surface area contributed by atoms with Crippen LogP contribution in [-0.2, 0) is 4.79 Å². The van der Waals surface area contributed by atoms with Crippen LogP contribution in [0.5, 0.6) is 0 Å². The number of hydrogen-bond donors (Lipinski definition) is 2. The number of aliphatic hydroxyl groups excluding tert-OH is 1. The fourth-order valence-corrected chi connectivity index (χ4v) is 1.16. The van der Waals surface area contributed by atoms with Crippen LogP contribution in [0.25, 0.3) is 6.08 Å². The molecule has 0 bridgehead atoms. The lowest BCUT2D eigenvalue weighted by molar-refractivity contribution is -0.132. The van der Waals surface area contributed by atoms with Crippen molar-refractivity contribution in [2.24, 2.45) is 0 Å². The van der Waals surface area contributed by atoms with E-state index >= 15 is 0 Å². The number of rotatable bonds is 2. The van der Waals surface area contributed by atoms with Crippen LogP contribution in [0.15, 0.2) is 29.8 Å². The van der Waals surface area contributed by atoms with E-state index in [1.54, 1.807) is 30.3 Å². The first-order chi connectivity index (χ1) is 7.63. The maximum Gasteiger partial charge on any atom is 0.331 e. The summed E-state index contributed by atoms with van der Waals surface area (Å²) < 4.78 is 0. The van der Waals surface area contributed by atoms with Crippen molar-refractivity contribution >= 4 is 12.0 Å². The van der Waals surface area contributed by atoms with Gasteiger partial charge in [-0.15, -0.1) is 0 Å². The zero-order valence-corrected chi connectivity index (χ0v) is 8.90. The lowest BCUT2D eigenvalue weighted by Crippen LogP contribution is -1.95. The van der Waals surface area contributed by atoms with Gasteiger partial charge >= 0.3 is 5.97 Å². The minimum atomic E-state index is -0.938. The molecule has 1 aromatic carbocycles. The molecule has 0 aliphatic carbocycles. The Hall–Kier alpha value is -2.05. The van der Waals surface area contributed by atoms with Gasteiger partial charge in [-0.1, -0.05) is 24.0 Å². The van der Waals surface area contributed by atoms with E-state index in [4.69, 9.17) is 10.2 Å². The van der Waals surface area contributed by atoms with Gasteiger partial charge in [-0.2, -0.15) is 0 Å². The van der Waals surface area contributed by atoms with E-state index in [2.05, 4.69) is 11.8 Å². The molecular weight excluding hydrogens is 204 g/mol. The van der Waals surface area contributed by atoms with E-state index in [9.17, 15) is 4.79 Å². The topological polar surface area (TPSA) is 57.5 Å². The highest BCUT2D eigenvalue weighted by Gasteiger charge is 1.99. The third-order valence-electron chi connectivity index (χ3n) is 1.92. The summed E-state index contributed by atoms with van der Waals surface area (Å²) in [5.74, 6) is 4.36. The first kappa shape index (κ1) is 12.0. The molecule has 0 saturated heterocycles. The van der Waals surface area contributed by atoms with Gasteiger partial charge in [-0.3, -0.25) is 0 Å². The van der Waals surface area contributed by atoms with E-state index in [1.807, 2.05) is 0 Å². The van der Waals surface area contributed by atoms with Gasteiger partial charge in [-0.25, -0.2) is 4.79 Å². The molecule has 16 heavy (non-hydrogen) atoms. The van der Waals surface area contributed by atoms with Gasteiger partial charge in [0.15, 0.2) is 0 Å². The van der Waals surface area contributed by atoms with E-state index in [0.717, 1.165) is 11.1 Å². The quantitative estimate of drug-likeness (QED) is 0.582. The number of benzene rings is 1. The van der Waals surface area contributed by atoms with Gasteiger partial charge in [0, 0.05) is 11.1 Å². The summed E-state index contributed by atoms with van der Waals surface area (Å²) in [6.45, 7) is 1.35. The van der Waals surface area contributed by atoms with Gasteiger partial charge in [0.05, 0.1) is 0 Å². The van der Waals surface area contributed by atoms with Crippen LogP contribution in [0, 0.1) is 11.8 Å². The van der Waals surface area contributed by atoms with Crippen molar-refractivity contribution in [3.8, 4) is 11.8 Å². The molecule has 3 heteroatoms. The Balaban J connectivity index is 2.99. The van der Waals surface area contributed by atoms with Crippen molar-refractivity contribution in [2.45, 2.75) is 6.92 Å². The molecule has 0 heterocycles. The molecule has 3 nitrogen and oxygen atoms in total. The molecule has 0 spiro atoms. The van der Waals surface area contributed by atoms with Gasteiger partial charge in [-0.05, 0) is 30.7 Å². The Bertz CT molecular complexity index is 475. The van der Waals surface area contributed by atoms with Crippen molar-refractivity contribution in [2.75, 3.05) is 6.61 Å². The fraction of sp³-hybridized carbons (Fsp3) is 0.154. The highest BCUT2D eigenvalue weighted by Crippen LogP contribution is 2.09. The van der Waals surface area contributed by atoms with Crippen LogP contribution < -0.4 is 0 Å². The summed E-state index contributed by atoms with van der Waals surface area (Å²) in [6.07, 6.45) is 1.58. The normalized spacial score (nSPS) is 10.5. The van der Waals surface area contributed by atoms with Crippen molar-refractivity contribution in [3.63, 3.8) is 0 Å². The van der Waals surface area contributed by atoms with Crippen LogP contribution in [0.1, 0.15) is 18.1 Å². The molecule has 1 aromatic rings. The van der Waals surface area contributed by atoms with Crippen LogP contribution in [0.3, 0.4) is 0 Å². The Labute approximate surface area is 94.0 Å². The number of carbonyl (C=O) groups is 1. The summed E-state index contributed by atoms with van der Waals surface area (Å²) >= 11 is 0. The molecule has 0 aliphatic rings. The first-order valence-electron chi connectivity index (χ1n) is 4.75. The van der Waals surface area contributed by atoms with E-state index < -0.39 is 5.97 Å². The second kappa shape index (κ2) is 5.74. The second-order valence-corrected chi connectivity index (χ2v) is 3.22. The lowest BCUT2D eigenvalue weighted by Gasteiger charge is -1.97. The monoisotopic (exact) mass is 216 g/mol. The maximum absolute atomic E-state index is 10.6. The Morgan fingerprint density at radius 1 is 1.50 bits per heavy atom.